The molecule has 298 valence electrons. The quantitative estimate of drug-likeness (QED) is 0.167. The highest BCUT2D eigenvalue weighted by Crippen LogP contribution is 2.49. The van der Waals surface area contributed by atoms with Gasteiger partial charge in [-0.05, 0) is 101 Å². The fourth-order valence-electron chi connectivity index (χ4n) is 9.44. The first-order valence-electron chi connectivity index (χ1n) is 21.6. The van der Waals surface area contributed by atoms with Crippen LogP contribution in [0.2, 0.25) is 0 Å². The maximum absolute atomic E-state index is 5.85. The normalized spacial score (nSPS) is 12.6. The van der Waals surface area contributed by atoms with Crippen LogP contribution in [0.4, 0.5) is 0 Å². The zero-order valence-electron chi connectivity index (χ0n) is 36.1. The molecular formula is C56H54N4. The average Bonchev–Trinajstić information content (AvgIpc) is 4.07. The molecule has 0 saturated carbocycles. The lowest BCUT2D eigenvalue weighted by atomic mass is 9.87. The number of H-pyrrole nitrogens is 1. The van der Waals surface area contributed by atoms with Crippen LogP contribution >= 0.6 is 0 Å². The van der Waals surface area contributed by atoms with Gasteiger partial charge in [0.05, 0.1) is 33.8 Å². The van der Waals surface area contributed by atoms with E-state index in [1.165, 1.54) is 33.3 Å². The summed E-state index contributed by atoms with van der Waals surface area (Å²) in [7, 11) is 0. The van der Waals surface area contributed by atoms with Crippen LogP contribution in [0.1, 0.15) is 107 Å². The van der Waals surface area contributed by atoms with Gasteiger partial charge >= 0.3 is 0 Å². The number of rotatable bonds is 8. The van der Waals surface area contributed by atoms with Gasteiger partial charge in [0.2, 0.25) is 0 Å². The van der Waals surface area contributed by atoms with Gasteiger partial charge in [-0.1, -0.05) is 163 Å². The standard InChI is InChI=1S/C56H54N4/c1-34(2)42-33-47-51(39-23-15-10-16-24-39)45-30-29-43(57-45)50(38-21-13-9-14-22-38)44-31-32-46(58-44)52(40-25-17-11-18-26-40)55-48(35(3)4)49(36(5)6)56(60(55)37(7)8)53(54(42)59-47)41-27-19-12-20-28-41/h9-37,57H,1-8H3. The summed E-state index contributed by atoms with van der Waals surface area (Å²) in [5, 5.41) is 0. The first-order chi connectivity index (χ1) is 29.1. The van der Waals surface area contributed by atoms with E-state index in [1.807, 2.05) is 0 Å². The summed E-state index contributed by atoms with van der Waals surface area (Å²) in [6.07, 6.45) is 6.81. The first-order valence-corrected chi connectivity index (χ1v) is 21.6. The zero-order chi connectivity index (χ0) is 41.7. The van der Waals surface area contributed by atoms with E-state index in [1.54, 1.807) is 0 Å². The van der Waals surface area contributed by atoms with Gasteiger partial charge in [-0.2, -0.15) is 0 Å². The number of hydrogen-bond acceptors (Lipinski definition) is 2. The van der Waals surface area contributed by atoms with Crippen molar-refractivity contribution in [3.8, 4) is 44.5 Å². The molecule has 0 fully saturated rings. The van der Waals surface area contributed by atoms with E-state index in [-0.39, 0.29) is 23.8 Å². The van der Waals surface area contributed by atoms with Gasteiger partial charge in [0.15, 0.2) is 0 Å². The van der Waals surface area contributed by atoms with Crippen LogP contribution in [-0.4, -0.2) is 19.5 Å². The molecule has 4 heteroatoms. The van der Waals surface area contributed by atoms with Crippen molar-refractivity contribution in [1.29, 1.82) is 0 Å². The molecule has 3 aromatic heterocycles. The van der Waals surface area contributed by atoms with E-state index in [9.17, 15) is 0 Å². The molecule has 0 saturated heterocycles. The van der Waals surface area contributed by atoms with E-state index in [0.29, 0.717) is 0 Å². The van der Waals surface area contributed by atoms with Gasteiger partial charge in [-0.25, -0.2) is 9.97 Å². The maximum Gasteiger partial charge on any atom is 0.0772 e. The summed E-state index contributed by atoms with van der Waals surface area (Å²) in [6.45, 7) is 18.7. The van der Waals surface area contributed by atoms with Crippen molar-refractivity contribution in [2.24, 2.45) is 5.92 Å². The van der Waals surface area contributed by atoms with Crippen LogP contribution < -0.4 is 0 Å². The fraction of sp³-hybridized carbons (Fsp3) is 0.214. The fourth-order valence-corrected chi connectivity index (χ4v) is 9.44. The summed E-state index contributed by atoms with van der Waals surface area (Å²) >= 11 is 0. The van der Waals surface area contributed by atoms with Crippen molar-refractivity contribution in [1.82, 2.24) is 19.5 Å². The number of aromatic amines is 1. The first kappa shape index (κ1) is 39.0. The van der Waals surface area contributed by atoms with Gasteiger partial charge in [0.1, 0.15) is 0 Å². The lowest BCUT2D eigenvalue weighted by Gasteiger charge is -2.19. The number of hydrogen-bond donors (Lipinski definition) is 1. The van der Waals surface area contributed by atoms with Crippen LogP contribution in [0.25, 0.3) is 90.4 Å². The molecule has 0 unspecified atom stereocenters. The number of allylic oxidation sites excluding steroid dienone is 1. The maximum atomic E-state index is 5.85. The molecule has 5 heterocycles. The zero-order valence-corrected chi connectivity index (χ0v) is 36.1. The van der Waals surface area contributed by atoms with E-state index in [2.05, 4.69) is 217 Å². The number of fused-ring (bicyclic) bond motifs is 8. The molecule has 2 aliphatic rings. The van der Waals surface area contributed by atoms with E-state index in [4.69, 9.17) is 9.97 Å². The van der Waals surface area contributed by atoms with Crippen molar-refractivity contribution in [3.63, 3.8) is 0 Å². The third-order valence-corrected chi connectivity index (χ3v) is 12.0. The van der Waals surface area contributed by atoms with E-state index in [0.717, 1.165) is 72.8 Å². The minimum absolute atomic E-state index is 0.107. The minimum Gasteiger partial charge on any atom is -0.354 e. The SMILES string of the molecule is CC(C)C1=Cc2nc1c(-c1ccccc1)c1c(C(C)C)c(C(C)C)c(c(-c3ccccc3)c3nc(c(-c4ccccc4)c4ccc([nH]4)c2-c2ccccc2)C=C3)n1C(C)C. The number of aromatic nitrogens is 4. The lowest BCUT2D eigenvalue weighted by Crippen LogP contribution is -2.05. The molecule has 60 heavy (non-hydrogen) atoms. The summed E-state index contributed by atoms with van der Waals surface area (Å²) < 4.78 is 2.65. The molecule has 9 rings (SSSR count). The van der Waals surface area contributed by atoms with Crippen LogP contribution in [0.3, 0.4) is 0 Å². The Morgan fingerprint density at radius 3 is 1.25 bits per heavy atom. The number of nitrogens with one attached hydrogen (secondary N) is 1. The molecule has 1 N–H and O–H groups in total. The third-order valence-electron chi connectivity index (χ3n) is 12.0. The van der Waals surface area contributed by atoms with Gasteiger partial charge < -0.3 is 9.55 Å². The molecule has 0 spiro atoms. The smallest absolute Gasteiger partial charge is 0.0772 e. The number of benzene rings is 4. The second kappa shape index (κ2) is 15.9. The monoisotopic (exact) mass is 782 g/mol. The van der Waals surface area contributed by atoms with Crippen molar-refractivity contribution in [2.45, 2.75) is 73.3 Å². The summed E-state index contributed by atoms with van der Waals surface area (Å²) in [4.78, 5) is 15.4. The lowest BCUT2D eigenvalue weighted by molar-refractivity contribution is 0.639. The Balaban J connectivity index is 1.66. The second-order valence-corrected chi connectivity index (χ2v) is 17.4. The second-order valence-electron chi connectivity index (χ2n) is 17.4. The van der Waals surface area contributed by atoms with Crippen molar-refractivity contribution < 1.29 is 0 Å². The van der Waals surface area contributed by atoms with Gasteiger partial charge in [-0.15, -0.1) is 0 Å². The summed E-state index contributed by atoms with van der Waals surface area (Å²) in [5.74, 6) is 0.650. The topological polar surface area (TPSA) is 46.5 Å². The predicted octanol–water partition coefficient (Wildman–Crippen LogP) is 15.7. The van der Waals surface area contributed by atoms with Crippen molar-refractivity contribution in [2.75, 3.05) is 0 Å². The Morgan fingerprint density at radius 2 is 0.817 bits per heavy atom. The van der Waals surface area contributed by atoms with Crippen LogP contribution in [-0.2, 0) is 0 Å². The largest absolute Gasteiger partial charge is 0.354 e. The minimum atomic E-state index is 0.107. The Bertz CT molecular complexity index is 2940. The van der Waals surface area contributed by atoms with E-state index >= 15 is 0 Å². The van der Waals surface area contributed by atoms with Crippen LogP contribution in [0.15, 0.2) is 133 Å². The Labute approximate surface area is 355 Å². The van der Waals surface area contributed by atoms with Gasteiger partial charge in [0.25, 0.3) is 0 Å². The van der Waals surface area contributed by atoms with Gasteiger partial charge in [0, 0.05) is 39.3 Å². The highest BCUT2D eigenvalue weighted by molar-refractivity contribution is 6.04. The highest BCUT2D eigenvalue weighted by Gasteiger charge is 2.31. The van der Waals surface area contributed by atoms with E-state index < -0.39 is 0 Å². The Hall–Kier alpha value is -6.52. The van der Waals surface area contributed by atoms with Crippen LogP contribution in [0.5, 0.6) is 0 Å². The third kappa shape index (κ3) is 6.74. The molecule has 7 aromatic rings. The molecular weight excluding hydrogens is 729 g/mol. The van der Waals surface area contributed by atoms with Crippen LogP contribution in [0, 0.1) is 5.92 Å². The molecule has 0 aliphatic carbocycles. The summed E-state index contributed by atoms with van der Waals surface area (Å²) in [5.41, 5.74) is 21.3. The van der Waals surface area contributed by atoms with Crippen molar-refractivity contribution >= 4 is 45.9 Å². The van der Waals surface area contributed by atoms with Crippen molar-refractivity contribution in [3.05, 3.63) is 167 Å². The Morgan fingerprint density at radius 1 is 0.417 bits per heavy atom. The molecule has 0 radical (unpaired) electrons. The molecule has 2 aliphatic heterocycles. The van der Waals surface area contributed by atoms with Gasteiger partial charge in [-0.3, -0.25) is 0 Å². The predicted molar refractivity (Wildman–Crippen MR) is 257 cm³/mol. The molecule has 0 atom stereocenters. The highest BCUT2D eigenvalue weighted by atomic mass is 15.0. The molecule has 4 aromatic carbocycles. The number of nitrogens with zero attached hydrogens (tertiary/aromatic N) is 3. The molecule has 4 nitrogen and oxygen atoms in total. The molecule has 0 amide bonds. The average molecular weight is 783 g/mol. The molecule has 8 bridgehead atoms. The Kier molecular flexibility index (Phi) is 10.3. The summed E-state index contributed by atoms with van der Waals surface area (Å²) in [6, 6.07) is 47.9.